The molecule has 2 atom stereocenters. The Labute approximate surface area is 103 Å². The zero-order valence-corrected chi connectivity index (χ0v) is 10.3. The summed E-state index contributed by atoms with van der Waals surface area (Å²) in [5, 5.41) is 9.33. The largest absolute Gasteiger partial charge is 0.508 e. The zero-order valence-electron chi connectivity index (χ0n) is 10.3. The van der Waals surface area contributed by atoms with Gasteiger partial charge in [-0.15, -0.1) is 0 Å². The average molecular weight is 231 g/mol. The molecule has 2 aliphatic rings. The van der Waals surface area contributed by atoms with Gasteiger partial charge in [-0.1, -0.05) is 18.6 Å². The van der Waals surface area contributed by atoms with Gasteiger partial charge < -0.3 is 5.11 Å². The third-order valence-corrected chi connectivity index (χ3v) is 4.42. The summed E-state index contributed by atoms with van der Waals surface area (Å²) >= 11 is 0. The van der Waals surface area contributed by atoms with E-state index in [-0.39, 0.29) is 0 Å². The number of aromatic hydroxyl groups is 1. The van der Waals surface area contributed by atoms with Gasteiger partial charge in [-0.3, -0.25) is 4.90 Å². The number of phenolic OH excluding ortho intramolecular Hbond substituents is 1. The molecule has 92 valence electrons. The van der Waals surface area contributed by atoms with Crippen LogP contribution in [0.4, 0.5) is 0 Å². The predicted octanol–water partition coefficient (Wildman–Crippen LogP) is 3.12. The van der Waals surface area contributed by atoms with Crippen LogP contribution < -0.4 is 0 Å². The molecule has 0 spiro atoms. The van der Waals surface area contributed by atoms with E-state index in [1.54, 1.807) is 0 Å². The normalized spacial score (nSPS) is 29.9. The molecule has 2 saturated heterocycles. The van der Waals surface area contributed by atoms with Crippen LogP contribution in [0.3, 0.4) is 0 Å². The van der Waals surface area contributed by atoms with Gasteiger partial charge >= 0.3 is 0 Å². The van der Waals surface area contributed by atoms with Gasteiger partial charge in [-0.25, -0.2) is 0 Å². The Bertz CT molecular complexity index is 373. The fraction of sp³-hybridized carbons (Fsp3) is 0.600. The summed E-state index contributed by atoms with van der Waals surface area (Å²) < 4.78 is 0. The lowest BCUT2D eigenvalue weighted by molar-refractivity contribution is 0.0959. The Balaban J connectivity index is 1.71. The lowest BCUT2D eigenvalue weighted by Gasteiger charge is -2.42. The molecule has 2 heteroatoms. The van der Waals surface area contributed by atoms with Crippen LogP contribution in [0, 0.1) is 0 Å². The van der Waals surface area contributed by atoms with Crippen molar-refractivity contribution in [2.75, 3.05) is 13.1 Å². The number of hydrogen-bond donors (Lipinski definition) is 1. The summed E-state index contributed by atoms with van der Waals surface area (Å²) in [6.07, 6.45) is 6.86. The van der Waals surface area contributed by atoms with Gasteiger partial charge in [0.05, 0.1) is 0 Å². The van der Waals surface area contributed by atoms with Crippen molar-refractivity contribution in [3.63, 3.8) is 0 Å². The molecule has 0 radical (unpaired) electrons. The molecule has 0 saturated carbocycles. The monoisotopic (exact) mass is 231 g/mol. The van der Waals surface area contributed by atoms with Crippen molar-refractivity contribution >= 4 is 0 Å². The van der Waals surface area contributed by atoms with Gasteiger partial charge in [-0.2, -0.15) is 0 Å². The molecule has 17 heavy (non-hydrogen) atoms. The van der Waals surface area contributed by atoms with Crippen LogP contribution in [0.5, 0.6) is 5.75 Å². The van der Waals surface area contributed by atoms with E-state index < -0.39 is 0 Å². The predicted molar refractivity (Wildman–Crippen MR) is 69.3 cm³/mol. The van der Waals surface area contributed by atoms with Crippen molar-refractivity contribution < 1.29 is 5.11 Å². The Morgan fingerprint density at radius 2 is 1.82 bits per heavy atom. The van der Waals surface area contributed by atoms with Gasteiger partial charge in [0.15, 0.2) is 0 Å². The van der Waals surface area contributed by atoms with Crippen LogP contribution in [0.2, 0.25) is 0 Å². The quantitative estimate of drug-likeness (QED) is 0.802. The summed E-state index contributed by atoms with van der Waals surface area (Å²) in [4.78, 5) is 2.69. The van der Waals surface area contributed by atoms with E-state index in [2.05, 4.69) is 17.0 Å². The molecule has 0 bridgehead atoms. The Kier molecular flexibility index (Phi) is 3.06. The highest BCUT2D eigenvalue weighted by atomic mass is 16.3. The molecule has 0 aliphatic carbocycles. The van der Waals surface area contributed by atoms with E-state index in [0.29, 0.717) is 11.7 Å². The minimum atomic E-state index is 0.375. The van der Waals surface area contributed by atoms with Crippen molar-refractivity contribution in [3.8, 4) is 5.75 Å². The molecule has 2 heterocycles. The second-order valence-electron chi connectivity index (χ2n) is 5.51. The van der Waals surface area contributed by atoms with Crippen molar-refractivity contribution in [1.29, 1.82) is 0 Å². The number of hydrogen-bond acceptors (Lipinski definition) is 2. The summed E-state index contributed by atoms with van der Waals surface area (Å²) in [7, 11) is 0. The molecule has 2 nitrogen and oxygen atoms in total. The van der Waals surface area contributed by atoms with Crippen LogP contribution in [0.25, 0.3) is 0 Å². The Morgan fingerprint density at radius 1 is 1.00 bits per heavy atom. The number of rotatable bonds is 1. The number of piperidine rings is 2. The summed E-state index contributed by atoms with van der Waals surface area (Å²) in [6.45, 7) is 2.51. The van der Waals surface area contributed by atoms with Crippen LogP contribution in [-0.2, 0) is 0 Å². The van der Waals surface area contributed by atoms with Gasteiger partial charge in [-0.05, 0) is 55.8 Å². The average Bonchev–Trinajstić information content (AvgIpc) is 2.39. The first kappa shape index (κ1) is 11.1. The van der Waals surface area contributed by atoms with Gasteiger partial charge in [0.1, 0.15) is 5.75 Å². The Morgan fingerprint density at radius 3 is 2.65 bits per heavy atom. The van der Waals surface area contributed by atoms with E-state index in [0.717, 1.165) is 6.04 Å². The molecule has 3 rings (SSSR count). The molecule has 1 aromatic rings. The number of phenols is 1. The van der Waals surface area contributed by atoms with Crippen LogP contribution in [0.15, 0.2) is 24.3 Å². The number of benzene rings is 1. The van der Waals surface area contributed by atoms with Crippen molar-refractivity contribution in [1.82, 2.24) is 4.90 Å². The summed E-state index contributed by atoms with van der Waals surface area (Å²) in [5.41, 5.74) is 1.40. The standard InChI is InChI=1S/C15H21NO/c17-15-8-5-12(6-9-15)13-4-7-14-3-1-2-10-16(14)11-13/h5-6,8-9,13-14,17H,1-4,7,10-11H2. The third-order valence-electron chi connectivity index (χ3n) is 4.42. The first-order valence-corrected chi connectivity index (χ1v) is 6.86. The van der Waals surface area contributed by atoms with Crippen molar-refractivity contribution in [2.45, 2.75) is 44.1 Å². The SMILES string of the molecule is Oc1ccc(C2CCC3CCCCN3C2)cc1. The topological polar surface area (TPSA) is 23.5 Å². The smallest absolute Gasteiger partial charge is 0.115 e. The molecule has 2 aliphatic heterocycles. The highest BCUT2D eigenvalue weighted by molar-refractivity contribution is 5.29. The van der Waals surface area contributed by atoms with E-state index in [1.807, 2.05) is 12.1 Å². The summed E-state index contributed by atoms with van der Waals surface area (Å²) in [6, 6.07) is 8.67. The minimum Gasteiger partial charge on any atom is -0.508 e. The maximum Gasteiger partial charge on any atom is 0.115 e. The maximum atomic E-state index is 9.33. The Hall–Kier alpha value is -1.02. The lowest BCUT2D eigenvalue weighted by atomic mass is 9.84. The minimum absolute atomic E-state index is 0.375. The fourth-order valence-corrected chi connectivity index (χ4v) is 3.41. The van der Waals surface area contributed by atoms with Crippen LogP contribution >= 0.6 is 0 Å². The third kappa shape index (κ3) is 2.32. The molecular formula is C15H21NO. The first-order valence-electron chi connectivity index (χ1n) is 6.86. The molecule has 1 aromatic carbocycles. The van der Waals surface area contributed by atoms with E-state index in [1.165, 1.54) is 50.8 Å². The second kappa shape index (κ2) is 4.69. The zero-order chi connectivity index (χ0) is 11.7. The van der Waals surface area contributed by atoms with E-state index in [4.69, 9.17) is 0 Å². The molecule has 1 N–H and O–H groups in total. The van der Waals surface area contributed by atoms with Crippen LogP contribution in [-0.4, -0.2) is 29.1 Å². The van der Waals surface area contributed by atoms with Gasteiger partial charge in [0.2, 0.25) is 0 Å². The highest BCUT2D eigenvalue weighted by Gasteiger charge is 2.30. The molecule has 2 unspecified atom stereocenters. The lowest BCUT2D eigenvalue weighted by Crippen LogP contribution is -2.45. The van der Waals surface area contributed by atoms with Crippen molar-refractivity contribution in [2.24, 2.45) is 0 Å². The highest BCUT2D eigenvalue weighted by Crippen LogP contribution is 2.34. The number of fused-ring (bicyclic) bond motifs is 1. The molecule has 2 fully saturated rings. The first-order chi connectivity index (χ1) is 8.33. The second-order valence-corrected chi connectivity index (χ2v) is 5.51. The molecule has 0 aromatic heterocycles. The van der Waals surface area contributed by atoms with Gasteiger partial charge in [0, 0.05) is 12.6 Å². The number of nitrogens with zero attached hydrogens (tertiary/aromatic N) is 1. The fourth-order valence-electron chi connectivity index (χ4n) is 3.41. The molecular weight excluding hydrogens is 210 g/mol. The van der Waals surface area contributed by atoms with E-state index in [9.17, 15) is 5.11 Å². The van der Waals surface area contributed by atoms with Crippen molar-refractivity contribution in [3.05, 3.63) is 29.8 Å². The van der Waals surface area contributed by atoms with E-state index >= 15 is 0 Å². The summed E-state index contributed by atoms with van der Waals surface area (Å²) in [5.74, 6) is 1.05. The molecule has 0 amide bonds. The maximum absolute atomic E-state index is 9.33. The van der Waals surface area contributed by atoms with Crippen LogP contribution in [0.1, 0.15) is 43.6 Å². The van der Waals surface area contributed by atoms with Gasteiger partial charge in [0.25, 0.3) is 0 Å².